The number of nitrogens with one attached hydrogen (secondary N) is 1. The number of carbonyl (C=O) groups excluding carboxylic acids is 1. The van der Waals surface area contributed by atoms with E-state index in [-0.39, 0.29) is 7.33 Å². The van der Waals surface area contributed by atoms with Gasteiger partial charge in [0.25, 0.3) is 0 Å². The molecule has 3 heterocycles. The number of aromatic nitrogens is 2. The number of aryl methyl sites for hydroxylation is 1. The van der Waals surface area contributed by atoms with E-state index in [9.17, 15) is 4.79 Å². The molecule has 0 atom stereocenters. The molecule has 0 unspecified atom stereocenters. The quantitative estimate of drug-likeness (QED) is 0.766. The van der Waals surface area contributed by atoms with Gasteiger partial charge in [0.2, 0.25) is 5.91 Å². The van der Waals surface area contributed by atoms with Crippen molar-refractivity contribution in [2.75, 3.05) is 25.0 Å². The zero-order valence-electron chi connectivity index (χ0n) is 16.9. The zero-order chi connectivity index (χ0) is 19.8. The fraction of sp³-hybridized carbons (Fsp3) is 0.500. The second-order valence-corrected chi connectivity index (χ2v) is 6.94. The minimum Gasteiger partial charge on any atom is -0.494 e. The molecule has 2 aromatic rings. The highest BCUT2D eigenvalue weighted by Gasteiger charge is 2.17. The van der Waals surface area contributed by atoms with Gasteiger partial charge in [-0.25, -0.2) is 9.97 Å². The van der Waals surface area contributed by atoms with Gasteiger partial charge in [-0.1, -0.05) is 19.9 Å². The standard InChI is InChI=1S/C20H24N4O2.C2H6.H2/c25-20-6-4-15-3-5-17(11-19(15)23-20)26-10-2-1-8-24-9-7-18-16(13-24)12-21-14-22-18;1-2;/h3,5,11-12,14H,1-2,4,6-10,13H2,(H,23,25);1-2H3;1H. The van der Waals surface area contributed by atoms with Crippen molar-refractivity contribution in [1.82, 2.24) is 14.9 Å². The maximum Gasteiger partial charge on any atom is 0.224 e. The van der Waals surface area contributed by atoms with Crippen molar-refractivity contribution >= 4 is 11.6 Å². The minimum absolute atomic E-state index is 0. The minimum atomic E-state index is 0. The third-order valence-corrected chi connectivity index (χ3v) is 5.05. The van der Waals surface area contributed by atoms with Crippen LogP contribution >= 0.6 is 0 Å². The summed E-state index contributed by atoms with van der Waals surface area (Å²) in [5.41, 5.74) is 4.53. The lowest BCUT2D eigenvalue weighted by atomic mass is 10.0. The number of benzene rings is 1. The molecule has 6 heteroatoms. The van der Waals surface area contributed by atoms with Crippen LogP contribution in [-0.4, -0.2) is 40.5 Å². The SMILES string of the molecule is CC.O=C1CCc2ccc(OCCCCN3CCc4ncncc4C3)cc2N1.[HH]. The number of fused-ring (bicyclic) bond motifs is 2. The molecular formula is C22H32N4O2. The van der Waals surface area contributed by atoms with Crippen LogP contribution < -0.4 is 10.1 Å². The van der Waals surface area contributed by atoms with Crippen LogP contribution in [0.1, 0.15) is 51.4 Å². The van der Waals surface area contributed by atoms with Crippen molar-refractivity contribution in [3.63, 3.8) is 0 Å². The molecule has 2 aliphatic heterocycles. The number of hydrogen-bond acceptors (Lipinski definition) is 5. The lowest BCUT2D eigenvalue weighted by Gasteiger charge is -2.27. The number of unbranched alkanes of at least 4 members (excludes halogenated alkanes) is 1. The Labute approximate surface area is 168 Å². The van der Waals surface area contributed by atoms with E-state index < -0.39 is 0 Å². The molecule has 28 heavy (non-hydrogen) atoms. The fourth-order valence-electron chi connectivity index (χ4n) is 3.58. The summed E-state index contributed by atoms with van der Waals surface area (Å²) in [5.74, 6) is 0.915. The second kappa shape index (κ2) is 10.2. The largest absolute Gasteiger partial charge is 0.494 e. The summed E-state index contributed by atoms with van der Waals surface area (Å²) in [4.78, 5) is 22.4. The van der Waals surface area contributed by atoms with Crippen LogP contribution in [0.5, 0.6) is 5.75 Å². The van der Waals surface area contributed by atoms with Gasteiger partial charge in [0, 0.05) is 56.6 Å². The van der Waals surface area contributed by atoms with Crippen LogP contribution in [0.2, 0.25) is 0 Å². The summed E-state index contributed by atoms with van der Waals surface area (Å²) in [6.07, 6.45) is 8.08. The Bertz CT molecular complexity index is 800. The summed E-state index contributed by atoms with van der Waals surface area (Å²) in [6.45, 7) is 7.77. The van der Waals surface area contributed by atoms with Crippen molar-refractivity contribution in [1.29, 1.82) is 0 Å². The van der Waals surface area contributed by atoms with Crippen LogP contribution in [0.4, 0.5) is 5.69 Å². The summed E-state index contributed by atoms with van der Waals surface area (Å²) >= 11 is 0. The smallest absolute Gasteiger partial charge is 0.224 e. The topological polar surface area (TPSA) is 67.3 Å². The molecule has 0 aliphatic carbocycles. The van der Waals surface area contributed by atoms with Gasteiger partial charge in [-0.15, -0.1) is 0 Å². The average Bonchev–Trinajstić information content (AvgIpc) is 2.74. The average molecular weight is 385 g/mol. The highest BCUT2D eigenvalue weighted by molar-refractivity contribution is 5.94. The molecule has 0 bridgehead atoms. The van der Waals surface area contributed by atoms with E-state index in [0.717, 1.165) is 56.8 Å². The van der Waals surface area contributed by atoms with Crippen molar-refractivity contribution in [2.24, 2.45) is 0 Å². The Balaban J connectivity index is 0.000000970. The Hall–Kier alpha value is -2.47. The maximum absolute atomic E-state index is 11.5. The molecule has 0 fully saturated rings. The van der Waals surface area contributed by atoms with Crippen LogP contribution in [0.3, 0.4) is 0 Å². The first-order valence-electron chi connectivity index (χ1n) is 10.3. The molecule has 0 saturated carbocycles. The van der Waals surface area contributed by atoms with Gasteiger partial charge in [0.05, 0.1) is 6.61 Å². The molecule has 6 nitrogen and oxygen atoms in total. The molecule has 1 aromatic heterocycles. The van der Waals surface area contributed by atoms with Crippen LogP contribution in [0.25, 0.3) is 0 Å². The predicted octanol–water partition coefficient (Wildman–Crippen LogP) is 3.85. The van der Waals surface area contributed by atoms with Crippen LogP contribution in [-0.2, 0) is 24.2 Å². The first kappa shape index (κ1) is 20.3. The molecule has 0 saturated heterocycles. The third kappa shape index (κ3) is 5.29. The molecule has 0 spiro atoms. The molecular weight excluding hydrogens is 352 g/mol. The van der Waals surface area contributed by atoms with E-state index >= 15 is 0 Å². The number of anilines is 1. The molecule has 2 aliphatic rings. The Morgan fingerprint density at radius 2 is 2.07 bits per heavy atom. The maximum atomic E-state index is 11.5. The van der Waals surface area contributed by atoms with E-state index in [0.29, 0.717) is 13.0 Å². The van der Waals surface area contributed by atoms with E-state index in [1.807, 2.05) is 32.2 Å². The Morgan fingerprint density at radius 1 is 1.18 bits per heavy atom. The van der Waals surface area contributed by atoms with Crippen molar-refractivity contribution in [3.8, 4) is 5.75 Å². The lowest BCUT2D eigenvalue weighted by Crippen LogP contribution is -2.32. The lowest BCUT2D eigenvalue weighted by molar-refractivity contribution is -0.116. The normalized spacial score (nSPS) is 15.6. The zero-order valence-corrected chi connectivity index (χ0v) is 16.9. The van der Waals surface area contributed by atoms with Gasteiger partial charge in [-0.3, -0.25) is 9.69 Å². The fourth-order valence-corrected chi connectivity index (χ4v) is 3.58. The van der Waals surface area contributed by atoms with Crippen molar-refractivity contribution in [2.45, 2.75) is 52.5 Å². The predicted molar refractivity (Wildman–Crippen MR) is 113 cm³/mol. The summed E-state index contributed by atoms with van der Waals surface area (Å²) in [6, 6.07) is 5.99. The number of carbonyl (C=O) groups is 1. The van der Waals surface area contributed by atoms with Gasteiger partial charge in [-0.2, -0.15) is 0 Å². The van der Waals surface area contributed by atoms with Crippen LogP contribution in [0.15, 0.2) is 30.7 Å². The van der Waals surface area contributed by atoms with E-state index in [4.69, 9.17) is 4.74 Å². The van der Waals surface area contributed by atoms with E-state index in [2.05, 4.69) is 26.3 Å². The number of rotatable bonds is 6. The molecule has 4 rings (SSSR count). The Morgan fingerprint density at radius 3 is 2.96 bits per heavy atom. The molecule has 1 amide bonds. The number of nitrogens with zero attached hydrogens (tertiary/aromatic N) is 3. The second-order valence-electron chi connectivity index (χ2n) is 6.94. The van der Waals surface area contributed by atoms with E-state index in [1.54, 1.807) is 6.33 Å². The van der Waals surface area contributed by atoms with Gasteiger partial charge in [0.1, 0.15) is 12.1 Å². The van der Waals surface area contributed by atoms with Crippen molar-refractivity contribution in [3.05, 3.63) is 47.5 Å². The number of amides is 1. The molecule has 1 N–H and O–H groups in total. The van der Waals surface area contributed by atoms with Gasteiger partial charge < -0.3 is 10.1 Å². The van der Waals surface area contributed by atoms with Gasteiger partial charge >= 0.3 is 0 Å². The van der Waals surface area contributed by atoms with E-state index in [1.165, 1.54) is 16.8 Å². The summed E-state index contributed by atoms with van der Waals surface area (Å²) in [7, 11) is 0. The Kier molecular flexibility index (Phi) is 7.37. The molecule has 0 radical (unpaired) electrons. The van der Waals surface area contributed by atoms with Gasteiger partial charge in [-0.05, 0) is 37.4 Å². The summed E-state index contributed by atoms with van der Waals surface area (Å²) in [5, 5.41) is 2.92. The summed E-state index contributed by atoms with van der Waals surface area (Å²) < 4.78 is 5.86. The molecule has 152 valence electrons. The first-order valence-corrected chi connectivity index (χ1v) is 10.3. The first-order chi connectivity index (χ1) is 13.8. The third-order valence-electron chi connectivity index (χ3n) is 5.05. The monoisotopic (exact) mass is 384 g/mol. The number of ether oxygens (including phenoxy) is 1. The number of hydrogen-bond donors (Lipinski definition) is 1. The highest BCUT2D eigenvalue weighted by atomic mass is 16.5. The van der Waals surface area contributed by atoms with Crippen molar-refractivity contribution < 1.29 is 11.0 Å². The van der Waals surface area contributed by atoms with Crippen LogP contribution in [0, 0.1) is 0 Å². The van der Waals surface area contributed by atoms with Gasteiger partial charge in [0.15, 0.2) is 0 Å². The molecule has 1 aromatic carbocycles. The highest BCUT2D eigenvalue weighted by Crippen LogP contribution is 2.27.